The van der Waals surface area contributed by atoms with Gasteiger partial charge in [0, 0.05) is 27.0 Å². The maximum absolute atomic E-state index is 14.0. The molecule has 2 aromatic rings. The summed E-state index contributed by atoms with van der Waals surface area (Å²) in [6.45, 7) is 9.09. The van der Waals surface area contributed by atoms with Crippen LogP contribution in [0.2, 0.25) is 0 Å². The van der Waals surface area contributed by atoms with Gasteiger partial charge in [-0.05, 0) is 45.9 Å². The van der Waals surface area contributed by atoms with Crippen LogP contribution in [-0.4, -0.2) is 10.5 Å². The van der Waals surface area contributed by atoms with Crippen molar-refractivity contribution in [2.75, 3.05) is 0 Å². The highest BCUT2D eigenvalue weighted by atomic mass is 79.9. The molecule has 2 nitrogen and oxygen atoms in total. The van der Waals surface area contributed by atoms with E-state index < -0.39 is 0 Å². The van der Waals surface area contributed by atoms with Crippen LogP contribution in [0.3, 0.4) is 0 Å². The Morgan fingerprint density at radius 1 is 1.35 bits per heavy atom. The van der Waals surface area contributed by atoms with Crippen LogP contribution < -0.4 is 5.32 Å². The monoisotopic (exact) mass is 356 g/mol. The average molecular weight is 357 g/mol. The lowest BCUT2D eigenvalue weighted by molar-refractivity contribution is 0.425. The summed E-state index contributed by atoms with van der Waals surface area (Å²) in [6, 6.07) is 5.07. The summed E-state index contributed by atoms with van der Waals surface area (Å²) in [6.07, 6.45) is 0. The van der Waals surface area contributed by atoms with Gasteiger partial charge >= 0.3 is 0 Å². The lowest BCUT2D eigenvalue weighted by atomic mass is 10.1. The summed E-state index contributed by atoms with van der Waals surface area (Å²) in [4.78, 5) is 5.65. The van der Waals surface area contributed by atoms with Crippen LogP contribution in [-0.2, 0) is 6.54 Å². The molecule has 0 aliphatic rings. The fourth-order valence-corrected chi connectivity index (χ4v) is 3.08. The molecule has 0 aliphatic carbocycles. The number of hydrogen-bond donors (Lipinski definition) is 1. The summed E-state index contributed by atoms with van der Waals surface area (Å²) in [7, 11) is 0. The van der Waals surface area contributed by atoms with E-state index in [0.29, 0.717) is 5.56 Å². The van der Waals surface area contributed by atoms with Gasteiger partial charge in [-0.15, -0.1) is 11.3 Å². The molecule has 0 amide bonds. The van der Waals surface area contributed by atoms with E-state index in [4.69, 9.17) is 0 Å². The fourth-order valence-electron chi connectivity index (χ4n) is 1.72. The van der Waals surface area contributed by atoms with Crippen molar-refractivity contribution in [3.8, 4) is 10.6 Å². The maximum Gasteiger partial charge on any atom is 0.134 e. The predicted molar refractivity (Wildman–Crippen MR) is 86.5 cm³/mol. The van der Waals surface area contributed by atoms with Crippen LogP contribution in [0.15, 0.2) is 22.7 Å². The number of benzene rings is 1. The van der Waals surface area contributed by atoms with Gasteiger partial charge in [0.05, 0.1) is 5.69 Å². The summed E-state index contributed by atoms with van der Waals surface area (Å²) >= 11 is 4.81. The summed E-state index contributed by atoms with van der Waals surface area (Å²) < 4.78 is 14.7. The Kier molecular flexibility index (Phi) is 4.62. The molecule has 0 spiro atoms. The minimum Gasteiger partial charge on any atom is -0.307 e. The number of nitrogens with one attached hydrogen (secondary N) is 1. The topological polar surface area (TPSA) is 24.9 Å². The van der Waals surface area contributed by atoms with Crippen LogP contribution in [0.4, 0.5) is 4.39 Å². The highest BCUT2D eigenvalue weighted by molar-refractivity contribution is 9.10. The van der Waals surface area contributed by atoms with E-state index in [1.54, 1.807) is 17.4 Å². The molecule has 0 radical (unpaired) electrons. The van der Waals surface area contributed by atoms with Gasteiger partial charge in [-0.25, -0.2) is 9.37 Å². The van der Waals surface area contributed by atoms with Gasteiger partial charge in [0.1, 0.15) is 10.8 Å². The molecule has 0 saturated carbocycles. The second kappa shape index (κ2) is 5.92. The largest absolute Gasteiger partial charge is 0.307 e. The van der Waals surface area contributed by atoms with Crippen LogP contribution in [0, 0.1) is 12.7 Å². The van der Waals surface area contributed by atoms with Crippen LogP contribution in [0.25, 0.3) is 10.6 Å². The number of halogens is 2. The Balaban J connectivity index is 2.26. The summed E-state index contributed by atoms with van der Waals surface area (Å²) in [5.41, 5.74) is 1.58. The van der Waals surface area contributed by atoms with Crippen LogP contribution >= 0.6 is 27.3 Å². The smallest absolute Gasteiger partial charge is 0.134 e. The summed E-state index contributed by atoms with van der Waals surface area (Å²) in [5.74, 6) is -0.247. The molecule has 2 rings (SSSR count). The van der Waals surface area contributed by atoms with Gasteiger partial charge in [0.2, 0.25) is 0 Å². The van der Waals surface area contributed by atoms with Gasteiger partial charge in [0.25, 0.3) is 0 Å². The van der Waals surface area contributed by atoms with E-state index >= 15 is 0 Å². The third-order valence-electron chi connectivity index (χ3n) is 2.83. The maximum atomic E-state index is 14.0. The van der Waals surface area contributed by atoms with E-state index in [1.807, 2.05) is 13.0 Å². The molecule has 1 N–H and O–H groups in total. The molecule has 0 aliphatic heterocycles. The minimum absolute atomic E-state index is 0.0550. The van der Waals surface area contributed by atoms with Gasteiger partial charge in [-0.2, -0.15) is 0 Å². The van der Waals surface area contributed by atoms with Crippen molar-refractivity contribution in [1.82, 2.24) is 10.3 Å². The van der Waals surface area contributed by atoms with Gasteiger partial charge in [0.15, 0.2) is 0 Å². The average Bonchev–Trinajstić information content (AvgIpc) is 2.67. The SMILES string of the molecule is Cc1nc(-c2ccc(Br)cc2F)sc1CNC(C)(C)C. The third kappa shape index (κ3) is 3.87. The van der Waals surface area contributed by atoms with E-state index in [0.717, 1.165) is 26.6 Å². The van der Waals surface area contributed by atoms with Crippen molar-refractivity contribution in [2.45, 2.75) is 39.8 Å². The molecule has 1 aromatic heterocycles. The number of nitrogens with zero attached hydrogens (tertiary/aromatic N) is 1. The summed E-state index contributed by atoms with van der Waals surface area (Å²) in [5, 5.41) is 4.17. The van der Waals surface area contributed by atoms with E-state index in [2.05, 4.69) is 47.0 Å². The number of rotatable bonds is 3. The zero-order valence-corrected chi connectivity index (χ0v) is 14.5. The molecule has 5 heteroatoms. The molecular weight excluding hydrogens is 339 g/mol. The molecule has 0 fully saturated rings. The Labute approximate surface area is 131 Å². The quantitative estimate of drug-likeness (QED) is 0.844. The molecule has 0 unspecified atom stereocenters. The first-order chi connectivity index (χ1) is 9.26. The zero-order valence-electron chi connectivity index (χ0n) is 12.1. The Morgan fingerprint density at radius 2 is 2.05 bits per heavy atom. The van der Waals surface area contributed by atoms with Crippen LogP contribution in [0.1, 0.15) is 31.3 Å². The molecular formula is C15H18BrFN2S. The highest BCUT2D eigenvalue weighted by Gasteiger charge is 2.15. The van der Waals surface area contributed by atoms with Crippen molar-refractivity contribution >= 4 is 27.3 Å². The van der Waals surface area contributed by atoms with E-state index in [1.165, 1.54) is 6.07 Å². The molecule has 0 atom stereocenters. The van der Waals surface area contributed by atoms with E-state index in [-0.39, 0.29) is 11.4 Å². The zero-order chi connectivity index (χ0) is 14.9. The first-order valence-electron chi connectivity index (χ1n) is 6.43. The van der Waals surface area contributed by atoms with Gasteiger partial charge < -0.3 is 5.32 Å². The Hall–Kier alpha value is -0.780. The first kappa shape index (κ1) is 15.6. The first-order valence-corrected chi connectivity index (χ1v) is 8.04. The molecule has 1 heterocycles. The number of thiazole rings is 1. The standard InChI is InChI=1S/C15H18BrFN2S/c1-9-13(8-18-15(2,3)4)20-14(19-9)11-6-5-10(16)7-12(11)17/h5-7,18H,8H2,1-4H3. The second-order valence-electron chi connectivity index (χ2n) is 5.76. The Morgan fingerprint density at radius 3 is 2.65 bits per heavy atom. The molecule has 1 aromatic carbocycles. The van der Waals surface area contributed by atoms with Crippen LogP contribution in [0.5, 0.6) is 0 Å². The molecule has 0 saturated heterocycles. The van der Waals surface area contributed by atoms with Crippen molar-refractivity contribution in [2.24, 2.45) is 0 Å². The number of aryl methyl sites for hydroxylation is 1. The highest BCUT2D eigenvalue weighted by Crippen LogP contribution is 2.31. The van der Waals surface area contributed by atoms with Gasteiger partial charge in [-0.3, -0.25) is 0 Å². The molecule has 20 heavy (non-hydrogen) atoms. The third-order valence-corrected chi connectivity index (χ3v) is 4.52. The molecule has 0 bridgehead atoms. The fraction of sp³-hybridized carbons (Fsp3) is 0.400. The normalized spacial score (nSPS) is 11.9. The van der Waals surface area contributed by atoms with Gasteiger partial charge in [-0.1, -0.05) is 15.9 Å². The van der Waals surface area contributed by atoms with Crippen molar-refractivity contribution in [1.29, 1.82) is 0 Å². The lowest BCUT2D eigenvalue weighted by Gasteiger charge is -2.19. The number of aromatic nitrogens is 1. The van der Waals surface area contributed by atoms with E-state index in [9.17, 15) is 4.39 Å². The minimum atomic E-state index is -0.247. The molecule has 108 valence electrons. The van der Waals surface area contributed by atoms with Crippen molar-refractivity contribution < 1.29 is 4.39 Å². The lowest BCUT2D eigenvalue weighted by Crippen LogP contribution is -2.34. The number of hydrogen-bond acceptors (Lipinski definition) is 3. The second-order valence-corrected chi connectivity index (χ2v) is 7.75. The predicted octanol–water partition coefficient (Wildman–Crippen LogP) is 4.91. The Bertz CT molecular complexity index is 617. The van der Waals surface area contributed by atoms with Crippen molar-refractivity contribution in [3.63, 3.8) is 0 Å². The van der Waals surface area contributed by atoms with Crippen molar-refractivity contribution in [3.05, 3.63) is 39.1 Å².